The molecule has 0 saturated carbocycles. The Hall–Kier alpha value is -1.26. The van der Waals surface area contributed by atoms with Gasteiger partial charge in [-0.25, -0.2) is 0 Å². The summed E-state index contributed by atoms with van der Waals surface area (Å²) in [4.78, 5) is 13.9. The topological polar surface area (TPSA) is 87.1 Å². The van der Waals surface area contributed by atoms with E-state index in [4.69, 9.17) is 10.3 Å². The molecule has 1 aliphatic heterocycles. The van der Waals surface area contributed by atoms with Gasteiger partial charge in [0, 0.05) is 24.4 Å². The average molecular weight is 212 g/mol. The van der Waals surface area contributed by atoms with Crippen molar-refractivity contribution >= 4 is 5.97 Å². The van der Waals surface area contributed by atoms with Crippen LogP contribution < -0.4 is 5.32 Å². The molecule has 0 spiro atoms. The summed E-state index contributed by atoms with van der Waals surface area (Å²) in [6.07, 6.45) is 2.83. The molecule has 1 saturated heterocycles. The van der Waals surface area contributed by atoms with E-state index in [0.29, 0.717) is 13.0 Å². The lowest BCUT2D eigenvalue weighted by Gasteiger charge is -2.09. The van der Waals surface area contributed by atoms with Gasteiger partial charge in [-0.1, -0.05) is 5.11 Å². The molecule has 1 aliphatic rings. The first-order chi connectivity index (χ1) is 7.33. The van der Waals surface area contributed by atoms with Gasteiger partial charge in [-0.15, -0.1) is 0 Å². The third-order valence-electron chi connectivity index (χ3n) is 2.27. The number of nitrogens with zero attached hydrogens (tertiary/aromatic N) is 3. The van der Waals surface area contributed by atoms with Crippen LogP contribution in [0.3, 0.4) is 0 Å². The summed E-state index contributed by atoms with van der Waals surface area (Å²) < 4.78 is 5.21. The summed E-state index contributed by atoms with van der Waals surface area (Å²) in [5, 5.41) is 6.52. The van der Waals surface area contributed by atoms with Crippen LogP contribution in [0.2, 0.25) is 0 Å². The predicted molar refractivity (Wildman–Crippen MR) is 55.2 cm³/mol. The number of carbonyl (C=O) groups excluding carboxylic acids is 1. The molecule has 6 nitrogen and oxygen atoms in total. The van der Waals surface area contributed by atoms with E-state index >= 15 is 0 Å². The quantitative estimate of drug-likeness (QED) is 0.237. The van der Waals surface area contributed by atoms with Gasteiger partial charge in [0.25, 0.3) is 0 Å². The molecule has 0 aliphatic carbocycles. The molecule has 1 fully saturated rings. The fourth-order valence-electron chi connectivity index (χ4n) is 1.47. The van der Waals surface area contributed by atoms with E-state index in [9.17, 15) is 4.79 Å². The van der Waals surface area contributed by atoms with Crippen LogP contribution in [-0.4, -0.2) is 31.7 Å². The number of ether oxygens (including phenoxy) is 1. The van der Waals surface area contributed by atoms with Gasteiger partial charge in [0.2, 0.25) is 0 Å². The molecule has 0 aromatic heterocycles. The predicted octanol–water partition coefficient (Wildman–Crippen LogP) is 1.37. The summed E-state index contributed by atoms with van der Waals surface area (Å²) >= 11 is 0. The molecule has 0 aromatic rings. The van der Waals surface area contributed by atoms with Crippen LogP contribution >= 0.6 is 0 Å². The van der Waals surface area contributed by atoms with E-state index in [-0.39, 0.29) is 12.1 Å². The Kier molecular flexibility index (Phi) is 5.58. The number of rotatable bonds is 6. The number of carbonyl (C=O) groups is 1. The van der Waals surface area contributed by atoms with Crippen LogP contribution in [0.15, 0.2) is 5.11 Å². The van der Waals surface area contributed by atoms with Crippen LogP contribution in [0.1, 0.15) is 25.7 Å². The Bertz CT molecular complexity index is 244. The van der Waals surface area contributed by atoms with Crippen molar-refractivity contribution in [2.75, 3.05) is 19.6 Å². The average Bonchev–Trinajstić information content (AvgIpc) is 2.70. The van der Waals surface area contributed by atoms with E-state index in [1.807, 2.05) is 0 Å². The van der Waals surface area contributed by atoms with Crippen LogP contribution in [0, 0.1) is 0 Å². The molecule has 0 aromatic carbocycles. The lowest BCUT2D eigenvalue weighted by molar-refractivity contribution is -0.148. The zero-order valence-corrected chi connectivity index (χ0v) is 8.69. The molecule has 1 rings (SSSR count). The maximum absolute atomic E-state index is 11.3. The van der Waals surface area contributed by atoms with Gasteiger partial charge in [0.15, 0.2) is 0 Å². The minimum Gasteiger partial charge on any atom is -0.461 e. The smallest absolute Gasteiger partial charge is 0.306 e. The Labute approximate surface area is 88.6 Å². The minimum absolute atomic E-state index is 0.0506. The van der Waals surface area contributed by atoms with Gasteiger partial charge in [-0.05, 0) is 31.3 Å². The molecule has 0 bridgehead atoms. The van der Waals surface area contributed by atoms with E-state index < -0.39 is 0 Å². The van der Waals surface area contributed by atoms with Gasteiger partial charge in [0.1, 0.15) is 6.10 Å². The summed E-state index contributed by atoms with van der Waals surface area (Å²) in [7, 11) is 0. The maximum atomic E-state index is 11.3. The highest BCUT2D eigenvalue weighted by molar-refractivity contribution is 5.69. The second-order valence-electron chi connectivity index (χ2n) is 3.52. The summed E-state index contributed by atoms with van der Waals surface area (Å²) in [5.41, 5.74) is 8.02. The SMILES string of the molecule is [N-]=[N+]=NCCCCC(=O)OC1CCNC1. The van der Waals surface area contributed by atoms with E-state index in [2.05, 4.69) is 15.3 Å². The molecular formula is C9H16N4O2. The molecule has 0 radical (unpaired) electrons. The van der Waals surface area contributed by atoms with E-state index in [1.54, 1.807) is 0 Å². The van der Waals surface area contributed by atoms with Gasteiger partial charge >= 0.3 is 5.97 Å². The van der Waals surface area contributed by atoms with Crippen LogP contribution in [0.25, 0.3) is 10.4 Å². The zero-order valence-electron chi connectivity index (χ0n) is 8.69. The number of hydrogen-bond acceptors (Lipinski definition) is 4. The first-order valence-corrected chi connectivity index (χ1v) is 5.24. The Morgan fingerprint density at radius 2 is 2.47 bits per heavy atom. The lowest BCUT2D eigenvalue weighted by Crippen LogP contribution is -2.20. The Morgan fingerprint density at radius 1 is 1.60 bits per heavy atom. The molecule has 84 valence electrons. The first-order valence-electron chi connectivity index (χ1n) is 5.24. The van der Waals surface area contributed by atoms with Crippen molar-refractivity contribution in [2.45, 2.75) is 31.8 Å². The zero-order chi connectivity index (χ0) is 10.9. The van der Waals surface area contributed by atoms with Gasteiger partial charge in [-0.2, -0.15) is 0 Å². The van der Waals surface area contributed by atoms with Crippen molar-refractivity contribution in [1.29, 1.82) is 0 Å². The molecule has 0 amide bonds. The number of esters is 1. The fourth-order valence-corrected chi connectivity index (χ4v) is 1.47. The van der Waals surface area contributed by atoms with Crippen molar-refractivity contribution in [3.8, 4) is 0 Å². The highest BCUT2D eigenvalue weighted by Gasteiger charge is 2.17. The Balaban J connectivity index is 2.00. The largest absolute Gasteiger partial charge is 0.461 e. The van der Waals surface area contributed by atoms with Crippen molar-refractivity contribution in [3.05, 3.63) is 10.4 Å². The Morgan fingerprint density at radius 3 is 3.13 bits per heavy atom. The van der Waals surface area contributed by atoms with Crippen molar-refractivity contribution < 1.29 is 9.53 Å². The fraction of sp³-hybridized carbons (Fsp3) is 0.889. The monoisotopic (exact) mass is 212 g/mol. The molecule has 6 heteroatoms. The molecule has 1 unspecified atom stereocenters. The highest BCUT2D eigenvalue weighted by Crippen LogP contribution is 2.06. The van der Waals surface area contributed by atoms with Gasteiger partial charge in [0.05, 0.1) is 0 Å². The van der Waals surface area contributed by atoms with Gasteiger partial charge in [-0.3, -0.25) is 4.79 Å². The lowest BCUT2D eigenvalue weighted by atomic mass is 10.2. The summed E-state index contributed by atoms with van der Waals surface area (Å²) in [6, 6.07) is 0. The minimum atomic E-state index is -0.148. The van der Waals surface area contributed by atoms with E-state index in [1.165, 1.54) is 0 Å². The maximum Gasteiger partial charge on any atom is 0.306 e. The second-order valence-corrected chi connectivity index (χ2v) is 3.52. The van der Waals surface area contributed by atoms with Crippen molar-refractivity contribution in [1.82, 2.24) is 5.32 Å². The number of unbranched alkanes of at least 4 members (excludes halogenated alkanes) is 1. The van der Waals surface area contributed by atoms with E-state index in [0.717, 1.165) is 32.4 Å². The molecule has 15 heavy (non-hydrogen) atoms. The standard InChI is InChI=1S/C9H16N4O2/c10-13-12-5-2-1-3-9(14)15-8-4-6-11-7-8/h8,11H,1-7H2. The number of hydrogen-bond donors (Lipinski definition) is 1. The number of nitrogens with one attached hydrogen (secondary N) is 1. The van der Waals surface area contributed by atoms with Crippen LogP contribution in [0.5, 0.6) is 0 Å². The number of azide groups is 1. The third kappa shape index (κ3) is 5.24. The highest BCUT2D eigenvalue weighted by atomic mass is 16.5. The normalized spacial score (nSPS) is 19.6. The molecule has 1 atom stereocenters. The summed E-state index contributed by atoms with van der Waals surface area (Å²) in [5.74, 6) is -0.148. The van der Waals surface area contributed by atoms with Crippen molar-refractivity contribution in [3.63, 3.8) is 0 Å². The molecule has 1 heterocycles. The summed E-state index contributed by atoms with van der Waals surface area (Å²) in [6.45, 7) is 2.15. The van der Waals surface area contributed by atoms with Crippen LogP contribution in [-0.2, 0) is 9.53 Å². The van der Waals surface area contributed by atoms with Crippen LogP contribution in [0.4, 0.5) is 0 Å². The first kappa shape index (κ1) is 11.8. The van der Waals surface area contributed by atoms with Crippen molar-refractivity contribution in [2.24, 2.45) is 5.11 Å². The molecule has 1 N–H and O–H groups in total. The van der Waals surface area contributed by atoms with Gasteiger partial charge < -0.3 is 10.1 Å². The molecular weight excluding hydrogens is 196 g/mol. The third-order valence-corrected chi connectivity index (χ3v) is 2.27. The second kappa shape index (κ2) is 7.09.